The molecule has 0 aromatic heterocycles. The first-order valence-electron chi connectivity index (χ1n) is 12.3. The summed E-state index contributed by atoms with van der Waals surface area (Å²) in [6, 6.07) is 22.3. The molecule has 0 saturated carbocycles. The first-order chi connectivity index (χ1) is 17.2. The molecule has 0 fully saturated rings. The van der Waals surface area contributed by atoms with Crippen LogP contribution in [0.1, 0.15) is 36.1 Å². The lowest BCUT2D eigenvalue weighted by atomic mass is 10.0. The molecule has 0 aliphatic rings. The molecule has 1 unspecified atom stereocenters. The lowest BCUT2D eigenvalue weighted by Crippen LogP contribution is -2.52. The van der Waals surface area contributed by atoms with Gasteiger partial charge in [-0.15, -0.1) is 0 Å². The molecule has 3 rings (SSSR count). The first kappa shape index (κ1) is 27.3. The van der Waals surface area contributed by atoms with Crippen molar-refractivity contribution in [3.63, 3.8) is 0 Å². The van der Waals surface area contributed by atoms with Gasteiger partial charge in [0, 0.05) is 24.5 Å². The van der Waals surface area contributed by atoms with Crippen molar-refractivity contribution in [1.82, 2.24) is 10.2 Å². The van der Waals surface area contributed by atoms with Crippen molar-refractivity contribution in [2.45, 2.75) is 46.7 Å². The van der Waals surface area contributed by atoms with Crippen LogP contribution in [0.15, 0.2) is 72.8 Å². The minimum Gasteiger partial charge on any atom is -0.483 e. The van der Waals surface area contributed by atoms with Crippen molar-refractivity contribution >= 4 is 23.4 Å². The second-order valence-corrected chi connectivity index (χ2v) is 9.99. The van der Waals surface area contributed by atoms with Crippen molar-refractivity contribution in [2.75, 3.05) is 13.2 Å². The van der Waals surface area contributed by atoms with Gasteiger partial charge in [0.05, 0.1) is 0 Å². The highest BCUT2D eigenvalue weighted by molar-refractivity contribution is 6.30. The summed E-state index contributed by atoms with van der Waals surface area (Å²) in [4.78, 5) is 28.7. The van der Waals surface area contributed by atoms with E-state index in [1.807, 2.05) is 94.4 Å². The maximum Gasteiger partial charge on any atom is 0.261 e. The van der Waals surface area contributed by atoms with Crippen LogP contribution in [0.3, 0.4) is 0 Å². The number of amides is 2. The summed E-state index contributed by atoms with van der Waals surface area (Å²) >= 11 is 6.23. The van der Waals surface area contributed by atoms with Gasteiger partial charge in [-0.25, -0.2) is 0 Å². The van der Waals surface area contributed by atoms with E-state index in [-0.39, 0.29) is 30.9 Å². The molecule has 3 aromatic carbocycles. The third-order valence-corrected chi connectivity index (χ3v) is 6.13. The second kappa shape index (κ2) is 13.1. The van der Waals surface area contributed by atoms with E-state index in [9.17, 15) is 9.59 Å². The number of hydrogen-bond acceptors (Lipinski definition) is 3. The molecular weight excluding hydrogens is 472 g/mol. The lowest BCUT2D eigenvalue weighted by Gasteiger charge is -2.32. The van der Waals surface area contributed by atoms with Gasteiger partial charge in [0.25, 0.3) is 5.91 Å². The standard InChI is InChI=1S/C30H35ClN2O3/c1-21(2)18-32-30(35)27(17-24-9-6-5-7-10-24)33(19-25-11-8-12-26(31)16-25)29(34)20-36-28-15-22(3)13-14-23(28)4/h5-16,21,27H,17-20H2,1-4H3,(H,32,35). The summed E-state index contributed by atoms with van der Waals surface area (Å²) in [5, 5.41) is 3.60. The molecule has 190 valence electrons. The fraction of sp³-hybridized carbons (Fsp3) is 0.333. The molecule has 0 saturated heterocycles. The number of hydrogen-bond donors (Lipinski definition) is 1. The van der Waals surface area contributed by atoms with E-state index >= 15 is 0 Å². The normalized spacial score (nSPS) is 11.7. The van der Waals surface area contributed by atoms with Crippen LogP contribution in [0, 0.1) is 19.8 Å². The Kier molecular flexibility index (Phi) is 9.95. The van der Waals surface area contributed by atoms with E-state index in [1.54, 1.807) is 11.0 Å². The van der Waals surface area contributed by atoms with Gasteiger partial charge in [-0.3, -0.25) is 9.59 Å². The SMILES string of the molecule is Cc1ccc(C)c(OCC(=O)N(Cc2cccc(Cl)c2)C(Cc2ccccc2)C(=O)NCC(C)C)c1. The van der Waals surface area contributed by atoms with Crippen molar-refractivity contribution in [3.05, 3.63) is 100 Å². The monoisotopic (exact) mass is 506 g/mol. The third-order valence-electron chi connectivity index (χ3n) is 5.89. The highest BCUT2D eigenvalue weighted by Gasteiger charge is 2.31. The van der Waals surface area contributed by atoms with E-state index in [2.05, 4.69) is 5.32 Å². The molecule has 3 aromatic rings. The van der Waals surface area contributed by atoms with Crippen LogP contribution in [-0.4, -0.2) is 35.9 Å². The third kappa shape index (κ3) is 8.13. The smallest absolute Gasteiger partial charge is 0.261 e. The zero-order valence-corrected chi connectivity index (χ0v) is 22.2. The average molecular weight is 507 g/mol. The molecule has 0 heterocycles. The Morgan fingerprint density at radius 2 is 1.67 bits per heavy atom. The van der Waals surface area contributed by atoms with Crippen LogP contribution in [0.25, 0.3) is 0 Å². The summed E-state index contributed by atoms with van der Waals surface area (Å²) < 4.78 is 5.95. The molecule has 0 radical (unpaired) electrons. The Labute approximate surface area is 219 Å². The van der Waals surface area contributed by atoms with Gasteiger partial charge in [-0.2, -0.15) is 0 Å². The number of aryl methyl sites for hydroxylation is 2. The van der Waals surface area contributed by atoms with Gasteiger partial charge in [0.1, 0.15) is 11.8 Å². The van der Waals surface area contributed by atoms with Gasteiger partial charge >= 0.3 is 0 Å². The maximum absolute atomic E-state index is 13.7. The molecule has 5 nitrogen and oxygen atoms in total. The molecule has 0 aliphatic heterocycles. The molecule has 1 atom stereocenters. The van der Waals surface area contributed by atoms with Crippen LogP contribution >= 0.6 is 11.6 Å². The summed E-state index contributed by atoms with van der Waals surface area (Å²) in [5.41, 5.74) is 3.82. The Hall–Kier alpha value is -3.31. The van der Waals surface area contributed by atoms with Gasteiger partial charge in [0.15, 0.2) is 6.61 Å². The van der Waals surface area contributed by atoms with Crippen molar-refractivity contribution < 1.29 is 14.3 Å². The fourth-order valence-corrected chi connectivity index (χ4v) is 4.11. The first-order valence-corrected chi connectivity index (χ1v) is 12.7. The number of carbonyl (C=O) groups is 2. The van der Waals surface area contributed by atoms with Gasteiger partial charge in [-0.05, 0) is 60.2 Å². The zero-order chi connectivity index (χ0) is 26.1. The number of ether oxygens (including phenoxy) is 1. The summed E-state index contributed by atoms with van der Waals surface area (Å²) in [6.45, 7) is 8.60. The van der Waals surface area contributed by atoms with Crippen molar-refractivity contribution in [3.8, 4) is 5.75 Å². The quantitative estimate of drug-likeness (QED) is 0.360. The fourth-order valence-electron chi connectivity index (χ4n) is 3.89. The van der Waals surface area contributed by atoms with Gasteiger partial charge in [0.2, 0.25) is 5.91 Å². The molecule has 2 amide bonds. The van der Waals surface area contributed by atoms with Crippen LogP contribution in [0.2, 0.25) is 5.02 Å². The molecule has 36 heavy (non-hydrogen) atoms. The molecule has 6 heteroatoms. The Bertz CT molecular complexity index is 1160. The van der Waals surface area contributed by atoms with Crippen LogP contribution in [0.5, 0.6) is 5.75 Å². The Morgan fingerprint density at radius 1 is 0.944 bits per heavy atom. The van der Waals surface area contributed by atoms with E-state index < -0.39 is 6.04 Å². The molecule has 1 N–H and O–H groups in total. The number of nitrogens with zero attached hydrogens (tertiary/aromatic N) is 1. The topological polar surface area (TPSA) is 58.6 Å². The minimum absolute atomic E-state index is 0.173. The lowest BCUT2D eigenvalue weighted by molar-refractivity contribution is -0.142. The van der Waals surface area contributed by atoms with E-state index in [1.165, 1.54) is 0 Å². The average Bonchev–Trinajstić information content (AvgIpc) is 2.85. The summed E-state index contributed by atoms with van der Waals surface area (Å²) in [6.07, 6.45) is 0.389. The molecule has 0 bridgehead atoms. The summed E-state index contributed by atoms with van der Waals surface area (Å²) in [5.74, 6) is 0.497. The predicted octanol–water partition coefficient (Wildman–Crippen LogP) is 5.75. The maximum atomic E-state index is 13.7. The number of nitrogens with one attached hydrogen (secondary N) is 1. The van der Waals surface area contributed by atoms with E-state index in [4.69, 9.17) is 16.3 Å². The molecule has 0 spiro atoms. The number of halogens is 1. The second-order valence-electron chi connectivity index (χ2n) is 9.55. The van der Waals surface area contributed by atoms with Crippen molar-refractivity contribution in [1.29, 1.82) is 0 Å². The van der Waals surface area contributed by atoms with Crippen LogP contribution in [-0.2, 0) is 22.6 Å². The van der Waals surface area contributed by atoms with E-state index in [0.29, 0.717) is 23.7 Å². The largest absolute Gasteiger partial charge is 0.483 e. The van der Waals surface area contributed by atoms with Gasteiger partial charge < -0.3 is 15.0 Å². The molecular formula is C30H35ClN2O3. The Morgan fingerprint density at radius 3 is 2.36 bits per heavy atom. The summed E-state index contributed by atoms with van der Waals surface area (Å²) in [7, 11) is 0. The van der Waals surface area contributed by atoms with Crippen LogP contribution < -0.4 is 10.1 Å². The van der Waals surface area contributed by atoms with Gasteiger partial charge in [-0.1, -0.05) is 80.0 Å². The number of benzene rings is 3. The Balaban J connectivity index is 1.92. The number of rotatable bonds is 11. The molecule has 0 aliphatic carbocycles. The van der Waals surface area contributed by atoms with E-state index in [0.717, 1.165) is 22.3 Å². The minimum atomic E-state index is -0.708. The van der Waals surface area contributed by atoms with Crippen LogP contribution in [0.4, 0.5) is 0 Å². The zero-order valence-electron chi connectivity index (χ0n) is 21.5. The highest BCUT2D eigenvalue weighted by atomic mass is 35.5. The number of carbonyl (C=O) groups excluding carboxylic acids is 2. The highest BCUT2D eigenvalue weighted by Crippen LogP contribution is 2.21. The predicted molar refractivity (Wildman–Crippen MR) is 145 cm³/mol. The van der Waals surface area contributed by atoms with Crippen molar-refractivity contribution in [2.24, 2.45) is 5.92 Å².